The lowest BCUT2D eigenvalue weighted by atomic mass is 9.89. The second kappa shape index (κ2) is 13.4. The molecular formula is C21H27O9P. The zero-order valence-corrected chi connectivity index (χ0v) is 19.5. The molecule has 0 aliphatic rings. The minimum Gasteiger partial charge on any atom is -0.496 e. The number of carbonyl (C=O) groups excluding carboxylic acids is 2. The maximum absolute atomic E-state index is 13.5. The number of methoxy groups -OCH3 is 4. The third-order valence-corrected chi connectivity index (χ3v) is 4.19. The molecule has 0 bridgehead atoms. The molecule has 0 spiro atoms. The third-order valence-electron chi connectivity index (χ3n) is 4.19. The Bertz CT molecular complexity index is 832. The first kappa shape index (κ1) is 26.2. The molecule has 10 heteroatoms. The molecule has 0 aliphatic heterocycles. The summed E-state index contributed by atoms with van der Waals surface area (Å²) in [5.74, 6) is -1.95. The number of hydrogen-bond acceptors (Lipinski definition) is 9. The van der Waals surface area contributed by atoms with E-state index in [1.165, 1.54) is 40.6 Å². The number of ether oxygens (including phenoxy) is 4. The van der Waals surface area contributed by atoms with Gasteiger partial charge in [-0.3, -0.25) is 9.68 Å². The smallest absolute Gasteiger partial charge is 0.357 e. The molecule has 3 atom stereocenters. The van der Waals surface area contributed by atoms with Crippen LogP contribution in [0.2, 0.25) is 0 Å². The average Bonchev–Trinajstić information content (AvgIpc) is 2.83. The normalized spacial score (nSPS) is 12.0. The van der Waals surface area contributed by atoms with E-state index in [1.54, 1.807) is 37.3 Å². The molecule has 2 aromatic rings. The molecule has 0 aromatic heterocycles. The van der Waals surface area contributed by atoms with Gasteiger partial charge in [0.05, 0.1) is 30.4 Å². The minimum atomic E-state index is -1.31. The van der Waals surface area contributed by atoms with Crippen molar-refractivity contribution in [1.82, 2.24) is 0 Å². The summed E-state index contributed by atoms with van der Waals surface area (Å²) in [5.41, 5.74) is 0.512. The van der Waals surface area contributed by atoms with E-state index in [2.05, 4.69) is 0 Å². The monoisotopic (exact) mass is 454 g/mol. The molecule has 170 valence electrons. The van der Waals surface area contributed by atoms with Gasteiger partial charge in [0.1, 0.15) is 28.7 Å². The lowest BCUT2D eigenvalue weighted by Gasteiger charge is -2.19. The average molecular weight is 454 g/mol. The topological polar surface area (TPSA) is 107 Å². The summed E-state index contributed by atoms with van der Waals surface area (Å²) in [4.78, 5) is 36.0. The highest BCUT2D eigenvalue weighted by Crippen LogP contribution is 2.37. The van der Waals surface area contributed by atoms with E-state index < -0.39 is 24.0 Å². The molecule has 0 N–H and O–H groups in total. The van der Waals surface area contributed by atoms with Crippen LogP contribution in [0.25, 0.3) is 0 Å². The van der Waals surface area contributed by atoms with Crippen LogP contribution in [0.5, 0.6) is 17.2 Å². The van der Waals surface area contributed by atoms with Gasteiger partial charge in [0, 0.05) is 19.2 Å². The van der Waals surface area contributed by atoms with Gasteiger partial charge in [-0.2, -0.15) is 4.89 Å². The van der Waals surface area contributed by atoms with Gasteiger partial charge in [0.2, 0.25) is 0 Å². The maximum atomic E-state index is 13.5. The van der Waals surface area contributed by atoms with Gasteiger partial charge in [-0.25, -0.2) is 4.79 Å². The van der Waals surface area contributed by atoms with E-state index in [-0.39, 0.29) is 17.1 Å². The maximum Gasteiger partial charge on any atom is 0.357 e. The first-order valence-corrected chi connectivity index (χ1v) is 9.62. The molecule has 0 saturated carbocycles. The van der Waals surface area contributed by atoms with Crippen LogP contribution >= 0.6 is 9.12 Å². The van der Waals surface area contributed by atoms with Crippen LogP contribution in [-0.4, -0.2) is 46.5 Å². The Kier molecular flexibility index (Phi) is 11.3. The first-order valence-electron chi connectivity index (χ1n) is 9.04. The molecule has 0 amide bonds. The van der Waals surface area contributed by atoms with Crippen LogP contribution < -0.4 is 14.2 Å². The Morgan fingerprint density at radius 1 is 0.871 bits per heavy atom. The summed E-state index contributed by atoms with van der Waals surface area (Å²) in [5, 5.41) is 0. The standard InChI is InChI=1S/C21H24O8.H3OP/c1-13(24-2)28-29-21(23)18(14-9-7-6-8-10-14)20(22)19-16(26-4)11-15(25-3)12-17(19)27-5;1-2/h6-13,18H,1-5H3;2H3. The van der Waals surface area contributed by atoms with Crippen molar-refractivity contribution >= 4 is 20.9 Å². The summed E-state index contributed by atoms with van der Waals surface area (Å²) in [6.07, 6.45) is -0.796. The summed E-state index contributed by atoms with van der Waals surface area (Å²) in [6.45, 7) is 1.54. The predicted octanol–water partition coefficient (Wildman–Crippen LogP) is 3.09. The van der Waals surface area contributed by atoms with Gasteiger partial charge in [0.25, 0.3) is 0 Å². The molecule has 9 nitrogen and oxygen atoms in total. The van der Waals surface area contributed by atoms with Crippen LogP contribution in [0.1, 0.15) is 28.8 Å². The molecule has 0 saturated heterocycles. The van der Waals surface area contributed by atoms with E-state index in [1.807, 2.05) is 0 Å². The molecule has 2 rings (SSSR count). The fourth-order valence-electron chi connectivity index (χ4n) is 2.64. The second-order valence-electron chi connectivity index (χ2n) is 5.92. The Hall–Kier alpha value is -2.87. The molecule has 0 heterocycles. The highest BCUT2D eigenvalue weighted by Gasteiger charge is 2.36. The van der Waals surface area contributed by atoms with E-state index in [9.17, 15) is 9.59 Å². The quantitative estimate of drug-likeness (QED) is 0.134. The van der Waals surface area contributed by atoms with Crippen molar-refractivity contribution in [2.45, 2.75) is 19.1 Å². The number of benzene rings is 2. The highest BCUT2D eigenvalue weighted by molar-refractivity contribution is 7.00. The largest absolute Gasteiger partial charge is 0.496 e. The zero-order valence-electron chi connectivity index (χ0n) is 18.1. The van der Waals surface area contributed by atoms with E-state index in [4.69, 9.17) is 33.3 Å². The number of hydrogen-bond donors (Lipinski definition) is 0. The fraction of sp³-hybridized carbons (Fsp3) is 0.333. The van der Waals surface area contributed by atoms with Gasteiger partial charge in [-0.05, 0) is 12.5 Å². The van der Waals surface area contributed by atoms with Crippen molar-refractivity contribution < 1.29 is 42.9 Å². The molecule has 0 aliphatic carbocycles. The van der Waals surface area contributed by atoms with Crippen molar-refractivity contribution in [3.05, 3.63) is 53.6 Å². The highest BCUT2D eigenvalue weighted by atomic mass is 31.0. The fourth-order valence-corrected chi connectivity index (χ4v) is 2.64. The van der Waals surface area contributed by atoms with Crippen molar-refractivity contribution in [2.75, 3.05) is 28.4 Å². The summed E-state index contributed by atoms with van der Waals surface area (Å²) in [7, 11) is 6.30. The first-order chi connectivity index (χ1) is 15.0. The van der Waals surface area contributed by atoms with Crippen molar-refractivity contribution in [3.8, 4) is 17.2 Å². The van der Waals surface area contributed by atoms with Gasteiger partial charge < -0.3 is 23.5 Å². The lowest BCUT2D eigenvalue weighted by molar-refractivity contribution is -0.342. The molecule has 0 radical (unpaired) electrons. The molecule has 2 aromatic carbocycles. The number of ketones is 1. The lowest BCUT2D eigenvalue weighted by Crippen LogP contribution is -2.27. The molecule has 0 fully saturated rings. The minimum absolute atomic E-state index is 0.0846. The Balaban J connectivity index is 0.00000233. The summed E-state index contributed by atoms with van der Waals surface area (Å²) >= 11 is 0. The number of Topliss-reactive ketones (excluding diaryl/α,β-unsaturated/α-hetero) is 1. The van der Waals surface area contributed by atoms with E-state index in [0.29, 0.717) is 20.4 Å². The van der Waals surface area contributed by atoms with Gasteiger partial charge >= 0.3 is 5.97 Å². The zero-order chi connectivity index (χ0) is 23.4. The summed E-state index contributed by atoms with van der Waals surface area (Å²) < 4.78 is 29.1. The van der Waals surface area contributed by atoms with Gasteiger partial charge in [-0.15, -0.1) is 0 Å². The van der Waals surface area contributed by atoms with Crippen molar-refractivity contribution in [2.24, 2.45) is 0 Å². The number of rotatable bonds is 10. The molecule has 31 heavy (non-hydrogen) atoms. The number of carbonyl (C=O) groups is 2. The SMILES string of the molecule is COc1cc(OC)c(C(=O)C(C(=O)OOC(C)OC)c2ccccc2)c(OC)c1.O=[PH3]. The Morgan fingerprint density at radius 2 is 1.42 bits per heavy atom. The van der Waals surface area contributed by atoms with Crippen LogP contribution in [0.3, 0.4) is 0 Å². The van der Waals surface area contributed by atoms with E-state index >= 15 is 0 Å². The van der Waals surface area contributed by atoms with Gasteiger partial charge in [0.15, 0.2) is 12.1 Å². The summed E-state index contributed by atoms with van der Waals surface area (Å²) in [6, 6.07) is 11.6. The van der Waals surface area contributed by atoms with Crippen LogP contribution in [-0.2, 0) is 23.9 Å². The van der Waals surface area contributed by atoms with Crippen LogP contribution in [0.4, 0.5) is 0 Å². The predicted molar refractivity (Wildman–Crippen MR) is 115 cm³/mol. The third kappa shape index (κ3) is 6.82. The van der Waals surface area contributed by atoms with Crippen molar-refractivity contribution in [1.29, 1.82) is 0 Å². The molecular weight excluding hydrogens is 427 g/mol. The second-order valence-corrected chi connectivity index (χ2v) is 5.92. The Morgan fingerprint density at radius 3 is 1.87 bits per heavy atom. The Labute approximate surface area is 182 Å². The molecule has 3 unspecified atom stereocenters. The van der Waals surface area contributed by atoms with E-state index in [0.717, 1.165) is 0 Å². The van der Waals surface area contributed by atoms with Crippen LogP contribution in [0, 0.1) is 0 Å². The van der Waals surface area contributed by atoms with Crippen LogP contribution in [0.15, 0.2) is 42.5 Å². The van der Waals surface area contributed by atoms with Crippen molar-refractivity contribution in [3.63, 3.8) is 0 Å². The van der Waals surface area contributed by atoms with Gasteiger partial charge in [-0.1, -0.05) is 30.3 Å².